The largest absolute Gasteiger partial charge is 0.508 e. The third-order valence-corrected chi connectivity index (χ3v) is 6.08. The lowest BCUT2D eigenvalue weighted by Crippen LogP contribution is -2.42. The smallest absolute Gasteiger partial charge is 0.306 e. The minimum atomic E-state index is -0.578. The Bertz CT molecular complexity index is 1170. The summed E-state index contributed by atoms with van der Waals surface area (Å²) in [6.45, 7) is 2.21. The summed E-state index contributed by atoms with van der Waals surface area (Å²) in [6.07, 6.45) is -0.613. The van der Waals surface area contributed by atoms with Crippen molar-refractivity contribution in [2.75, 3.05) is 31.6 Å². The van der Waals surface area contributed by atoms with Crippen LogP contribution in [0.15, 0.2) is 45.9 Å². The molecule has 0 aliphatic carbocycles. The maximum atomic E-state index is 12.8. The third kappa shape index (κ3) is 9.03. The Kier molecular flexibility index (Phi) is 10.3. The van der Waals surface area contributed by atoms with Crippen LogP contribution in [0.4, 0.5) is 5.69 Å². The first-order valence-corrected chi connectivity index (χ1v) is 12.8. The third-order valence-electron chi connectivity index (χ3n) is 5.40. The molecule has 12 heteroatoms. The van der Waals surface area contributed by atoms with Crippen LogP contribution in [0.3, 0.4) is 0 Å². The molecule has 1 aliphatic heterocycles. The van der Waals surface area contributed by atoms with E-state index in [0.29, 0.717) is 33.3 Å². The number of anilines is 1. The van der Waals surface area contributed by atoms with Crippen molar-refractivity contribution in [2.24, 2.45) is 4.99 Å². The van der Waals surface area contributed by atoms with E-state index in [1.165, 1.54) is 18.2 Å². The van der Waals surface area contributed by atoms with Crippen molar-refractivity contribution in [3.63, 3.8) is 0 Å². The number of hydrogen-bond donors (Lipinski definition) is 5. The lowest BCUT2D eigenvalue weighted by Gasteiger charge is -2.20. The normalized spacial score (nSPS) is 15.7. The molecular weight excluding hydrogens is 568 g/mol. The first kappa shape index (κ1) is 28.4. The number of aliphatic hydroxyl groups excluding tert-OH is 1. The van der Waals surface area contributed by atoms with Crippen LogP contribution in [0.2, 0.25) is 5.02 Å². The van der Waals surface area contributed by atoms with Gasteiger partial charge in [0.15, 0.2) is 11.7 Å². The van der Waals surface area contributed by atoms with Gasteiger partial charge in [-0.15, -0.1) is 0 Å². The molecule has 3 rings (SSSR count). The zero-order chi connectivity index (χ0) is 26.9. The van der Waals surface area contributed by atoms with Crippen molar-refractivity contribution in [3.05, 3.63) is 57.0 Å². The van der Waals surface area contributed by atoms with Gasteiger partial charge >= 0.3 is 5.97 Å². The molecule has 2 aromatic carbocycles. The summed E-state index contributed by atoms with van der Waals surface area (Å²) in [6, 6.07) is 9.37. The average molecular weight is 596 g/mol. The number of carbonyl (C=O) groups excluding carboxylic acids is 3. The van der Waals surface area contributed by atoms with Crippen LogP contribution in [-0.2, 0) is 14.3 Å². The van der Waals surface area contributed by atoms with E-state index in [0.717, 1.165) is 0 Å². The number of phenols is 1. The zero-order valence-electron chi connectivity index (χ0n) is 20.1. The van der Waals surface area contributed by atoms with Crippen molar-refractivity contribution >= 4 is 56.8 Å². The number of nitrogens with one attached hydrogen (secondary N) is 3. The van der Waals surface area contributed by atoms with E-state index in [2.05, 4.69) is 36.9 Å². The Hall–Kier alpha value is -3.15. The number of ketones is 1. The molecule has 0 radical (unpaired) electrons. The highest BCUT2D eigenvalue weighted by molar-refractivity contribution is 9.10. The number of aliphatic hydroxyl groups is 1. The Labute approximate surface area is 227 Å². The highest BCUT2D eigenvalue weighted by atomic mass is 79.9. The number of rotatable bonds is 10. The van der Waals surface area contributed by atoms with Gasteiger partial charge in [-0.25, -0.2) is 0 Å². The fraction of sp³-hybridized carbons (Fsp3) is 0.360. The number of aliphatic imine (C=N–C) groups is 1. The second kappa shape index (κ2) is 13.4. The molecular formula is C25H28BrClN4O6. The summed E-state index contributed by atoms with van der Waals surface area (Å²) in [5.74, 6) is -1.54. The molecule has 0 fully saturated rings. The zero-order valence-corrected chi connectivity index (χ0v) is 22.4. The summed E-state index contributed by atoms with van der Waals surface area (Å²) in [4.78, 5) is 41.8. The maximum Gasteiger partial charge on any atom is 0.306 e. The van der Waals surface area contributed by atoms with E-state index in [4.69, 9.17) is 16.3 Å². The van der Waals surface area contributed by atoms with E-state index in [1.807, 2.05) is 0 Å². The number of β-amino-alcohol motifs (C(OH)–C–C–N with tert-alkyl or cyclic N) is 1. The second-order valence-corrected chi connectivity index (χ2v) is 9.80. The first-order valence-electron chi connectivity index (χ1n) is 11.6. The summed E-state index contributed by atoms with van der Waals surface area (Å²) in [5.41, 5.74) is 1.23. The average Bonchev–Trinajstić information content (AvgIpc) is 2.83. The molecule has 1 aliphatic rings. The van der Waals surface area contributed by atoms with Gasteiger partial charge in [0.05, 0.1) is 32.2 Å². The van der Waals surface area contributed by atoms with Crippen molar-refractivity contribution < 1.29 is 29.3 Å². The minimum Gasteiger partial charge on any atom is -0.508 e. The van der Waals surface area contributed by atoms with Crippen LogP contribution in [0.5, 0.6) is 5.75 Å². The summed E-state index contributed by atoms with van der Waals surface area (Å²) in [5, 5.41) is 28.5. The number of benzene rings is 2. The molecule has 2 atom stereocenters. The highest BCUT2D eigenvalue weighted by Crippen LogP contribution is 2.30. The summed E-state index contributed by atoms with van der Waals surface area (Å²) >= 11 is 9.53. The highest BCUT2D eigenvalue weighted by Gasteiger charge is 2.22. The van der Waals surface area contributed by atoms with E-state index in [9.17, 15) is 24.6 Å². The summed E-state index contributed by atoms with van der Waals surface area (Å²) in [7, 11) is 0. The molecule has 5 N–H and O–H groups in total. The van der Waals surface area contributed by atoms with Crippen molar-refractivity contribution in [1.29, 1.82) is 0 Å². The lowest BCUT2D eigenvalue weighted by molar-refractivity contribution is -0.143. The van der Waals surface area contributed by atoms with Gasteiger partial charge in [0, 0.05) is 45.7 Å². The quantitative estimate of drug-likeness (QED) is 0.263. The van der Waals surface area contributed by atoms with E-state index in [-0.39, 0.29) is 49.6 Å². The molecule has 0 spiro atoms. The molecule has 2 aromatic rings. The van der Waals surface area contributed by atoms with Crippen LogP contribution in [0.1, 0.15) is 41.6 Å². The van der Waals surface area contributed by atoms with E-state index >= 15 is 0 Å². The number of aromatic hydroxyl groups is 1. The molecule has 10 nitrogen and oxygen atoms in total. The molecule has 0 saturated heterocycles. The van der Waals surface area contributed by atoms with Crippen molar-refractivity contribution in [3.8, 4) is 5.75 Å². The van der Waals surface area contributed by atoms with Crippen LogP contribution in [0, 0.1) is 0 Å². The Balaban J connectivity index is 1.64. The van der Waals surface area contributed by atoms with Gasteiger partial charge in [-0.2, -0.15) is 0 Å². The molecule has 1 amide bonds. The molecule has 37 heavy (non-hydrogen) atoms. The van der Waals surface area contributed by atoms with Crippen LogP contribution in [0.25, 0.3) is 0 Å². The number of Topliss-reactive ketones (excluding diaryl/α,β-unsaturated/α-hetero) is 1. The topological polar surface area (TPSA) is 149 Å². The molecule has 198 valence electrons. The van der Waals surface area contributed by atoms with Gasteiger partial charge < -0.3 is 30.9 Å². The van der Waals surface area contributed by atoms with Gasteiger partial charge in [-0.3, -0.25) is 19.4 Å². The standard InChI is InChI=1S/C25H28BrClN4O6/c1-2-37-23(35)8-15(14-3-17(26)9-18(27)4-14)6-21(33)11-28-24(36)16-5-19(10-20(32)7-16)31-25-29-12-22(34)13-30-25/h3-5,7,9-10,15,22,32,34H,2,6,8,11-13H2,1H3,(H,28,36)(H2,29,30,31)/t15-/m0/s1. The maximum absolute atomic E-state index is 12.8. The number of phenolic OH excluding ortho intramolecular Hbond substituents is 1. The number of halogens is 2. The number of ether oxygens (including phenoxy) is 1. The van der Waals surface area contributed by atoms with E-state index in [1.54, 1.807) is 25.1 Å². The van der Waals surface area contributed by atoms with Gasteiger partial charge in [0.1, 0.15) is 5.75 Å². The number of esters is 1. The van der Waals surface area contributed by atoms with Crippen LogP contribution < -0.4 is 16.0 Å². The van der Waals surface area contributed by atoms with Crippen molar-refractivity contribution in [2.45, 2.75) is 31.8 Å². The number of nitrogens with zero attached hydrogens (tertiary/aromatic N) is 1. The predicted octanol–water partition coefficient (Wildman–Crippen LogP) is 2.97. The number of amides is 1. The molecule has 1 heterocycles. The molecule has 1 unspecified atom stereocenters. The lowest BCUT2D eigenvalue weighted by atomic mass is 9.90. The fourth-order valence-corrected chi connectivity index (χ4v) is 4.62. The number of hydrogen-bond acceptors (Lipinski definition) is 9. The summed E-state index contributed by atoms with van der Waals surface area (Å²) < 4.78 is 5.77. The Morgan fingerprint density at radius 1 is 1.22 bits per heavy atom. The molecule has 0 aromatic heterocycles. The molecule has 0 bridgehead atoms. The Morgan fingerprint density at radius 3 is 2.68 bits per heavy atom. The Morgan fingerprint density at radius 2 is 2.00 bits per heavy atom. The SMILES string of the molecule is CCOC(=O)C[C@H](CC(=O)CNC(=O)c1cc(O)cc(NC2=NCC(O)CN2)c1)c1cc(Cl)cc(Br)c1. The van der Waals surface area contributed by atoms with Crippen molar-refractivity contribution in [1.82, 2.24) is 10.6 Å². The number of carbonyl (C=O) groups is 3. The van der Waals surface area contributed by atoms with Gasteiger partial charge in [-0.1, -0.05) is 27.5 Å². The van der Waals surface area contributed by atoms with Gasteiger partial charge in [0.25, 0.3) is 5.91 Å². The van der Waals surface area contributed by atoms with Gasteiger partial charge in [0.2, 0.25) is 0 Å². The molecule has 0 saturated carbocycles. The fourth-order valence-electron chi connectivity index (χ4n) is 3.73. The minimum absolute atomic E-state index is 0.0170. The van der Waals surface area contributed by atoms with Crippen LogP contribution >= 0.6 is 27.5 Å². The van der Waals surface area contributed by atoms with E-state index < -0.39 is 23.9 Å². The second-order valence-electron chi connectivity index (χ2n) is 8.45. The predicted molar refractivity (Wildman–Crippen MR) is 143 cm³/mol. The monoisotopic (exact) mass is 594 g/mol. The first-order chi connectivity index (χ1) is 17.6. The van der Waals surface area contributed by atoms with Gasteiger partial charge in [-0.05, 0) is 42.8 Å². The van der Waals surface area contributed by atoms with Crippen LogP contribution in [-0.4, -0.2) is 66.2 Å². The number of guanidine groups is 1.